The van der Waals surface area contributed by atoms with Crippen LogP contribution in [0.15, 0.2) is 231 Å². The van der Waals surface area contributed by atoms with Crippen LogP contribution >= 0.6 is 0 Å². The molecule has 10 aromatic carbocycles. The Morgan fingerprint density at radius 1 is 0.349 bits per heavy atom. The molecule has 1 aromatic heterocycles. The van der Waals surface area contributed by atoms with Crippen LogP contribution in [-0.2, 0) is 5.41 Å². The van der Waals surface area contributed by atoms with Gasteiger partial charge in [0.1, 0.15) is 0 Å². The summed E-state index contributed by atoms with van der Waals surface area (Å²) in [5.74, 6) is 0. The summed E-state index contributed by atoms with van der Waals surface area (Å²) in [6.45, 7) is 4.71. The van der Waals surface area contributed by atoms with Gasteiger partial charge in [-0.2, -0.15) is 0 Å². The number of benzene rings is 10. The monoisotopic (exact) mass is 804 g/mol. The topological polar surface area (TPSA) is 8.17 Å². The highest BCUT2D eigenvalue weighted by Crippen LogP contribution is 2.51. The third-order valence-electron chi connectivity index (χ3n) is 13.4. The molecule has 0 atom stereocenters. The molecule has 1 aliphatic carbocycles. The second-order valence-electron chi connectivity index (χ2n) is 17.4. The highest BCUT2D eigenvalue weighted by atomic mass is 15.1. The smallest absolute Gasteiger partial charge is 0.0541 e. The molecule has 12 rings (SSSR count). The van der Waals surface area contributed by atoms with Crippen LogP contribution < -0.4 is 4.90 Å². The van der Waals surface area contributed by atoms with Crippen molar-refractivity contribution in [2.75, 3.05) is 4.90 Å². The van der Waals surface area contributed by atoms with E-state index in [2.05, 4.69) is 254 Å². The van der Waals surface area contributed by atoms with E-state index in [1.165, 1.54) is 88.2 Å². The molecule has 0 fully saturated rings. The average molecular weight is 805 g/mol. The zero-order valence-corrected chi connectivity index (χ0v) is 35.3. The summed E-state index contributed by atoms with van der Waals surface area (Å²) in [4.78, 5) is 2.44. The van der Waals surface area contributed by atoms with Crippen molar-refractivity contribution < 1.29 is 0 Å². The van der Waals surface area contributed by atoms with Gasteiger partial charge < -0.3 is 9.47 Å². The van der Waals surface area contributed by atoms with Crippen LogP contribution in [0.2, 0.25) is 0 Å². The standard InChI is InChI=1S/C61H44N2/c1-61(2)56-23-10-8-21-52(56)53-36-35-50(40-57(53)61)62(58-25-13-17-44-16-6-7-20-51(44)58)48-31-28-43(29-32-48)45-18-12-19-46(38-45)47-30-37-60-55(39-47)54-22-9-11-24-59(54)63(60)49-33-26-42(27-34-49)41-14-4-3-5-15-41/h3-40H,1-2H3. The van der Waals surface area contributed by atoms with Crippen LogP contribution in [0.1, 0.15) is 25.0 Å². The number of aromatic nitrogens is 1. The minimum absolute atomic E-state index is 0.0993. The first kappa shape index (κ1) is 36.9. The van der Waals surface area contributed by atoms with Crippen molar-refractivity contribution in [3.8, 4) is 50.2 Å². The van der Waals surface area contributed by atoms with Crippen molar-refractivity contribution in [3.05, 3.63) is 242 Å². The lowest BCUT2D eigenvalue weighted by molar-refractivity contribution is 0.660. The van der Waals surface area contributed by atoms with Crippen LogP contribution in [0.25, 0.3) is 82.8 Å². The Labute approximate surface area is 368 Å². The maximum atomic E-state index is 2.44. The van der Waals surface area contributed by atoms with E-state index in [4.69, 9.17) is 0 Å². The molecule has 11 aromatic rings. The van der Waals surface area contributed by atoms with Crippen molar-refractivity contribution in [2.45, 2.75) is 19.3 Å². The normalized spacial score (nSPS) is 12.7. The Kier molecular flexibility index (Phi) is 8.55. The van der Waals surface area contributed by atoms with Gasteiger partial charge in [-0.1, -0.05) is 178 Å². The summed E-state index contributed by atoms with van der Waals surface area (Å²) in [6, 6.07) is 84.6. The Morgan fingerprint density at radius 2 is 0.905 bits per heavy atom. The molecule has 0 unspecified atom stereocenters. The first-order valence-electron chi connectivity index (χ1n) is 21.9. The van der Waals surface area contributed by atoms with Gasteiger partial charge in [-0.15, -0.1) is 0 Å². The number of rotatable bonds is 7. The number of para-hydroxylation sites is 1. The quantitative estimate of drug-likeness (QED) is 0.156. The molecule has 1 aliphatic rings. The number of hydrogen-bond donors (Lipinski definition) is 0. The van der Waals surface area contributed by atoms with Crippen LogP contribution in [-0.4, -0.2) is 4.57 Å². The fourth-order valence-electron chi connectivity index (χ4n) is 10.2. The molecule has 0 saturated heterocycles. The van der Waals surface area contributed by atoms with Crippen molar-refractivity contribution in [3.63, 3.8) is 0 Å². The summed E-state index contributed by atoms with van der Waals surface area (Å²) in [5, 5.41) is 4.95. The molecule has 0 N–H and O–H groups in total. The van der Waals surface area contributed by atoms with Gasteiger partial charge in [0.05, 0.1) is 16.7 Å². The van der Waals surface area contributed by atoms with E-state index < -0.39 is 0 Å². The summed E-state index contributed by atoms with van der Waals surface area (Å²) in [6.07, 6.45) is 0. The Morgan fingerprint density at radius 3 is 1.75 bits per heavy atom. The van der Waals surface area contributed by atoms with Gasteiger partial charge in [-0.25, -0.2) is 0 Å². The summed E-state index contributed by atoms with van der Waals surface area (Å²) < 4.78 is 2.39. The lowest BCUT2D eigenvalue weighted by atomic mass is 9.82. The third-order valence-corrected chi connectivity index (χ3v) is 13.4. The minimum atomic E-state index is -0.0993. The first-order valence-corrected chi connectivity index (χ1v) is 21.9. The van der Waals surface area contributed by atoms with Gasteiger partial charge in [0.25, 0.3) is 0 Å². The predicted molar refractivity (Wildman–Crippen MR) is 267 cm³/mol. The van der Waals surface area contributed by atoms with E-state index in [-0.39, 0.29) is 5.41 Å². The van der Waals surface area contributed by atoms with Gasteiger partial charge in [0, 0.05) is 38.6 Å². The molecule has 0 amide bonds. The van der Waals surface area contributed by atoms with Gasteiger partial charge >= 0.3 is 0 Å². The molecule has 0 saturated carbocycles. The second-order valence-corrected chi connectivity index (χ2v) is 17.4. The second kappa shape index (κ2) is 14.6. The maximum Gasteiger partial charge on any atom is 0.0541 e. The van der Waals surface area contributed by atoms with Gasteiger partial charge in [0.2, 0.25) is 0 Å². The molecular weight excluding hydrogens is 761 g/mol. The lowest BCUT2D eigenvalue weighted by Crippen LogP contribution is -2.16. The number of nitrogens with zero attached hydrogens (tertiary/aromatic N) is 2. The molecule has 0 spiro atoms. The predicted octanol–water partition coefficient (Wildman–Crippen LogP) is 16.7. The summed E-state index contributed by atoms with van der Waals surface area (Å²) in [5.41, 5.74) is 19.5. The molecule has 1 heterocycles. The van der Waals surface area contributed by atoms with E-state index in [0.29, 0.717) is 0 Å². The van der Waals surface area contributed by atoms with Crippen molar-refractivity contribution in [2.24, 2.45) is 0 Å². The maximum absolute atomic E-state index is 2.44. The number of fused-ring (bicyclic) bond motifs is 7. The van der Waals surface area contributed by atoms with E-state index in [1.54, 1.807) is 0 Å². The van der Waals surface area contributed by atoms with Crippen molar-refractivity contribution >= 4 is 49.6 Å². The fourth-order valence-corrected chi connectivity index (χ4v) is 10.2. The van der Waals surface area contributed by atoms with E-state index in [9.17, 15) is 0 Å². The number of anilines is 3. The van der Waals surface area contributed by atoms with Gasteiger partial charge in [0.15, 0.2) is 0 Å². The van der Waals surface area contributed by atoms with Crippen LogP contribution in [0, 0.1) is 0 Å². The molecule has 298 valence electrons. The van der Waals surface area contributed by atoms with Crippen LogP contribution in [0.5, 0.6) is 0 Å². The molecule has 2 heteroatoms. The molecule has 0 aliphatic heterocycles. The first-order chi connectivity index (χ1) is 31.0. The molecule has 2 nitrogen and oxygen atoms in total. The van der Waals surface area contributed by atoms with Crippen molar-refractivity contribution in [1.82, 2.24) is 4.57 Å². The molecule has 63 heavy (non-hydrogen) atoms. The van der Waals surface area contributed by atoms with Crippen LogP contribution in [0.4, 0.5) is 17.1 Å². The highest BCUT2D eigenvalue weighted by molar-refractivity contribution is 6.10. The highest BCUT2D eigenvalue weighted by Gasteiger charge is 2.35. The van der Waals surface area contributed by atoms with E-state index in [1.807, 2.05) is 0 Å². The van der Waals surface area contributed by atoms with Gasteiger partial charge in [-0.3, -0.25) is 0 Å². The van der Waals surface area contributed by atoms with Crippen molar-refractivity contribution in [1.29, 1.82) is 0 Å². The third kappa shape index (κ3) is 6.09. The summed E-state index contributed by atoms with van der Waals surface area (Å²) >= 11 is 0. The molecule has 0 radical (unpaired) electrons. The molecular formula is C61H44N2. The van der Waals surface area contributed by atoms with E-state index in [0.717, 1.165) is 22.7 Å². The molecule has 0 bridgehead atoms. The zero-order chi connectivity index (χ0) is 42.1. The lowest BCUT2D eigenvalue weighted by Gasteiger charge is -2.29. The average Bonchev–Trinajstić information content (AvgIpc) is 3.80. The van der Waals surface area contributed by atoms with Crippen LogP contribution in [0.3, 0.4) is 0 Å². The summed E-state index contributed by atoms with van der Waals surface area (Å²) in [7, 11) is 0. The minimum Gasteiger partial charge on any atom is -0.310 e. The Balaban J connectivity index is 0.908. The number of hydrogen-bond acceptors (Lipinski definition) is 1. The zero-order valence-electron chi connectivity index (χ0n) is 35.3. The largest absolute Gasteiger partial charge is 0.310 e. The van der Waals surface area contributed by atoms with E-state index >= 15 is 0 Å². The Hall–Kier alpha value is -7.94. The fraction of sp³-hybridized carbons (Fsp3) is 0.0492. The van der Waals surface area contributed by atoms with Gasteiger partial charge in [-0.05, 0) is 128 Å². The Bertz CT molecular complexity index is 3510. The SMILES string of the molecule is CC1(C)c2ccccc2-c2ccc(N(c3ccc(-c4cccc(-c5ccc6c(c5)c5ccccc5n6-c5ccc(-c6ccccc6)cc5)c4)cc3)c3cccc4ccccc34)cc21.